The second-order valence-corrected chi connectivity index (χ2v) is 4.33. The maximum absolute atomic E-state index is 11.7. The van der Waals surface area contributed by atoms with Gasteiger partial charge in [-0.2, -0.15) is 0 Å². The van der Waals surface area contributed by atoms with E-state index in [1.54, 1.807) is 18.2 Å². The number of esters is 2. The minimum Gasteiger partial charge on any atom is -0.464 e. The second-order valence-electron chi connectivity index (χ2n) is 3.38. The molecular formula is C12H6O4S. The van der Waals surface area contributed by atoms with Crippen LogP contribution >= 0.6 is 11.3 Å². The molecule has 5 heteroatoms. The molecule has 2 aromatic rings. The van der Waals surface area contributed by atoms with Gasteiger partial charge >= 0.3 is 11.9 Å². The standard InChI is InChI=1S/C12H6O4S/c13-11-9(7-3-1-5-15-7)10(12(14)16-11)8-4-2-6-17-8/h1-6H. The summed E-state index contributed by atoms with van der Waals surface area (Å²) in [6, 6.07) is 6.86. The van der Waals surface area contributed by atoms with Crippen molar-refractivity contribution in [1.82, 2.24) is 0 Å². The highest BCUT2D eigenvalue weighted by Gasteiger charge is 2.36. The molecule has 0 bridgehead atoms. The first kappa shape index (κ1) is 10.0. The summed E-state index contributed by atoms with van der Waals surface area (Å²) in [5.74, 6) is -0.929. The lowest BCUT2D eigenvalue weighted by Gasteiger charge is -1.95. The van der Waals surface area contributed by atoms with Crippen LogP contribution in [0.4, 0.5) is 0 Å². The predicted octanol–water partition coefficient (Wildman–Crippen LogP) is 2.34. The zero-order valence-electron chi connectivity index (χ0n) is 8.51. The molecule has 0 fully saturated rings. The molecule has 0 amide bonds. The van der Waals surface area contributed by atoms with Crippen molar-refractivity contribution in [3.05, 3.63) is 46.5 Å². The van der Waals surface area contributed by atoms with Crippen molar-refractivity contribution in [2.45, 2.75) is 0 Å². The quantitative estimate of drug-likeness (QED) is 0.602. The van der Waals surface area contributed by atoms with Crippen LogP contribution in [-0.4, -0.2) is 11.9 Å². The third-order valence-electron chi connectivity index (χ3n) is 2.38. The van der Waals surface area contributed by atoms with E-state index < -0.39 is 11.9 Å². The first-order chi connectivity index (χ1) is 8.27. The zero-order valence-corrected chi connectivity index (χ0v) is 9.32. The number of thiophene rings is 1. The molecule has 0 saturated heterocycles. The van der Waals surface area contributed by atoms with Gasteiger partial charge in [-0.05, 0) is 23.6 Å². The molecule has 0 unspecified atom stereocenters. The first-order valence-corrected chi connectivity index (χ1v) is 5.74. The summed E-state index contributed by atoms with van der Waals surface area (Å²) in [7, 11) is 0. The predicted molar refractivity (Wildman–Crippen MR) is 60.9 cm³/mol. The lowest BCUT2D eigenvalue weighted by atomic mass is 10.1. The van der Waals surface area contributed by atoms with E-state index in [1.807, 2.05) is 11.4 Å². The van der Waals surface area contributed by atoms with Crippen LogP contribution in [0.2, 0.25) is 0 Å². The number of carbonyl (C=O) groups is 2. The van der Waals surface area contributed by atoms with Gasteiger partial charge in [0.1, 0.15) is 11.3 Å². The third-order valence-corrected chi connectivity index (χ3v) is 3.27. The number of ether oxygens (including phenoxy) is 1. The van der Waals surface area contributed by atoms with E-state index in [9.17, 15) is 9.59 Å². The van der Waals surface area contributed by atoms with Gasteiger partial charge in [-0.1, -0.05) is 6.07 Å². The molecule has 1 aliphatic heterocycles. The van der Waals surface area contributed by atoms with Crippen molar-refractivity contribution in [1.29, 1.82) is 0 Å². The van der Waals surface area contributed by atoms with Crippen molar-refractivity contribution in [2.24, 2.45) is 0 Å². The van der Waals surface area contributed by atoms with Gasteiger partial charge < -0.3 is 9.15 Å². The molecule has 84 valence electrons. The van der Waals surface area contributed by atoms with E-state index in [2.05, 4.69) is 4.74 Å². The molecule has 4 nitrogen and oxygen atoms in total. The Morgan fingerprint density at radius 2 is 1.82 bits per heavy atom. The van der Waals surface area contributed by atoms with E-state index >= 15 is 0 Å². The van der Waals surface area contributed by atoms with Crippen molar-refractivity contribution in [3.63, 3.8) is 0 Å². The molecule has 0 N–H and O–H groups in total. The molecule has 3 rings (SSSR count). The van der Waals surface area contributed by atoms with Crippen molar-refractivity contribution >= 4 is 34.4 Å². The summed E-state index contributed by atoms with van der Waals surface area (Å²) in [6.07, 6.45) is 1.45. The molecule has 0 radical (unpaired) electrons. The van der Waals surface area contributed by atoms with Gasteiger partial charge in [0.2, 0.25) is 0 Å². The maximum Gasteiger partial charge on any atom is 0.350 e. The van der Waals surface area contributed by atoms with Gasteiger partial charge in [0.05, 0.1) is 11.8 Å². The fourth-order valence-corrected chi connectivity index (χ4v) is 2.44. The van der Waals surface area contributed by atoms with Crippen LogP contribution in [0.1, 0.15) is 10.6 Å². The van der Waals surface area contributed by atoms with E-state index in [-0.39, 0.29) is 11.1 Å². The average Bonchev–Trinajstić information content (AvgIpc) is 2.98. The van der Waals surface area contributed by atoms with E-state index in [0.29, 0.717) is 10.6 Å². The number of cyclic esters (lactones) is 2. The lowest BCUT2D eigenvalue weighted by Crippen LogP contribution is -2.01. The highest BCUT2D eigenvalue weighted by Crippen LogP contribution is 2.35. The van der Waals surface area contributed by atoms with Gasteiger partial charge in [-0.25, -0.2) is 9.59 Å². The minimum atomic E-state index is -0.659. The Balaban J connectivity index is 2.24. The van der Waals surface area contributed by atoms with E-state index in [0.717, 1.165) is 0 Å². The summed E-state index contributed by atoms with van der Waals surface area (Å²) in [6.45, 7) is 0. The van der Waals surface area contributed by atoms with E-state index in [1.165, 1.54) is 17.6 Å². The van der Waals surface area contributed by atoms with Crippen LogP contribution in [0, 0.1) is 0 Å². The Morgan fingerprint density at radius 1 is 1.00 bits per heavy atom. The Morgan fingerprint density at radius 3 is 2.47 bits per heavy atom. The summed E-state index contributed by atoms with van der Waals surface area (Å²) < 4.78 is 9.79. The van der Waals surface area contributed by atoms with Crippen LogP contribution < -0.4 is 0 Å². The topological polar surface area (TPSA) is 56.5 Å². The normalized spacial score (nSPS) is 15.5. The number of rotatable bonds is 2. The fourth-order valence-electron chi connectivity index (χ4n) is 1.68. The van der Waals surface area contributed by atoms with Gasteiger partial charge in [-0.15, -0.1) is 11.3 Å². The number of carbonyl (C=O) groups excluding carboxylic acids is 2. The molecule has 1 aliphatic rings. The summed E-state index contributed by atoms with van der Waals surface area (Å²) >= 11 is 1.37. The van der Waals surface area contributed by atoms with Gasteiger partial charge in [-0.3, -0.25) is 0 Å². The number of hydrogen-bond acceptors (Lipinski definition) is 5. The van der Waals surface area contributed by atoms with Crippen molar-refractivity contribution in [2.75, 3.05) is 0 Å². The van der Waals surface area contributed by atoms with Crippen molar-refractivity contribution < 1.29 is 18.7 Å². The maximum atomic E-state index is 11.7. The number of furan rings is 1. The zero-order chi connectivity index (χ0) is 11.8. The Bertz CT molecular complexity index is 551. The first-order valence-electron chi connectivity index (χ1n) is 4.86. The highest BCUT2D eigenvalue weighted by molar-refractivity contribution is 7.11. The summed E-state index contributed by atoms with van der Waals surface area (Å²) in [5.41, 5.74) is 0.474. The van der Waals surface area contributed by atoms with Crippen LogP contribution in [0.25, 0.3) is 11.1 Å². The van der Waals surface area contributed by atoms with Crippen LogP contribution in [-0.2, 0) is 14.3 Å². The molecular weight excluding hydrogens is 240 g/mol. The smallest absolute Gasteiger partial charge is 0.350 e. The van der Waals surface area contributed by atoms with Gasteiger partial charge in [0.15, 0.2) is 0 Å². The summed E-state index contributed by atoms with van der Waals surface area (Å²) in [5, 5.41) is 1.83. The van der Waals surface area contributed by atoms with E-state index in [4.69, 9.17) is 4.42 Å². The Hall–Kier alpha value is -2.14. The molecule has 0 spiro atoms. The second kappa shape index (κ2) is 3.71. The Labute approximate surface area is 100 Å². The molecule has 17 heavy (non-hydrogen) atoms. The minimum absolute atomic E-state index is 0.197. The molecule has 3 heterocycles. The van der Waals surface area contributed by atoms with Crippen LogP contribution in [0.3, 0.4) is 0 Å². The lowest BCUT2D eigenvalue weighted by molar-refractivity contribution is -0.149. The SMILES string of the molecule is O=C1OC(=O)C(c2cccs2)=C1c1ccco1. The average molecular weight is 246 g/mol. The molecule has 0 atom stereocenters. The molecule has 2 aromatic heterocycles. The fraction of sp³-hybridized carbons (Fsp3) is 0. The largest absolute Gasteiger partial charge is 0.464 e. The Kier molecular flexibility index (Phi) is 2.19. The molecule has 0 aromatic carbocycles. The van der Waals surface area contributed by atoms with Crippen LogP contribution in [0.15, 0.2) is 40.3 Å². The van der Waals surface area contributed by atoms with Crippen molar-refractivity contribution in [3.8, 4) is 0 Å². The molecule has 0 aliphatic carbocycles. The van der Waals surface area contributed by atoms with Gasteiger partial charge in [0.25, 0.3) is 0 Å². The van der Waals surface area contributed by atoms with Crippen LogP contribution in [0.5, 0.6) is 0 Å². The monoisotopic (exact) mass is 246 g/mol. The number of hydrogen-bond donors (Lipinski definition) is 0. The molecule has 0 saturated carbocycles. The van der Waals surface area contributed by atoms with Gasteiger partial charge in [0, 0.05) is 4.88 Å². The highest BCUT2D eigenvalue weighted by atomic mass is 32.1. The summed E-state index contributed by atoms with van der Waals surface area (Å²) in [4.78, 5) is 24.0. The third kappa shape index (κ3) is 1.52.